The Kier molecular flexibility index (Phi) is 6.24. The molecule has 0 saturated carbocycles. The summed E-state index contributed by atoms with van der Waals surface area (Å²) >= 11 is 0. The van der Waals surface area contributed by atoms with Crippen molar-refractivity contribution in [2.75, 3.05) is 27.2 Å². The van der Waals surface area contributed by atoms with E-state index in [2.05, 4.69) is 5.32 Å². The average molecular weight is 365 g/mol. The molecule has 27 heavy (non-hydrogen) atoms. The van der Waals surface area contributed by atoms with Crippen molar-refractivity contribution in [1.82, 2.24) is 15.1 Å². The van der Waals surface area contributed by atoms with E-state index in [4.69, 9.17) is 0 Å². The van der Waals surface area contributed by atoms with E-state index in [1.54, 1.807) is 0 Å². The third kappa shape index (κ3) is 4.74. The van der Waals surface area contributed by atoms with E-state index >= 15 is 0 Å². The van der Waals surface area contributed by atoms with Crippen LogP contribution in [0.2, 0.25) is 0 Å². The van der Waals surface area contributed by atoms with E-state index in [0.29, 0.717) is 13.1 Å². The minimum Gasteiger partial charge on any atom is -0.352 e. The van der Waals surface area contributed by atoms with Crippen LogP contribution in [0.1, 0.15) is 34.8 Å². The fourth-order valence-electron chi connectivity index (χ4n) is 3.59. The van der Waals surface area contributed by atoms with E-state index in [9.17, 15) is 9.59 Å². The van der Waals surface area contributed by atoms with Gasteiger partial charge in [-0.2, -0.15) is 0 Å². The number of benzene rings is 2. The zero-order chi connectivity index (χ0) is 19.2. The standard InChI is InChI=1S/C22H27N3O2/c1-24(2)20(17-9-5-3-6-10-17)21(26)23-19-13-15-25(16-14-19)22(27)18-11-7-4-8-12-18/h3-12,19-20H,13-16H2,1-2H3,(H,23,26). The highest BCUT2D eigenvalue weighted by atomic mass is 16.2. The molecule has 1 heterocycles. The van der Waals surface area contributed by atoms with Crippen molar-refractivity contribution in [3.05, 3.63) is 71.8 Å². The van der Waals surface area contributed by atoms with Gasteiger partial charge >= 0.3 is 0 Å². The van der Waals surface area contributed by atoms with E-state index in [0.717, 1.165) is 24.0 Å². The topological polar surface area (TPSA) is 52.7 Å². The Morgan fingerprint density at radius 3 is 2.07 bits per heavy atom. The number of likely N-dealkylation sites (tertiary alicyclic amines) is 1. The smallest absolute Gasteiger partial charge is 0.253 e. The molecule has 1 saturated heterocycles. The SMILES string of the molecule is CN(C)C(C(=O)NC1CCN(C(=O)c2ccccc2)CC1)c1ccccc1. The van der Waals surface area contributed by atoms with Crippen LogP contribution in [0, 0.1) is 0 Å². The van der Waals surface area contributed by atoms with Crippen LogP contribution in [-0.2, 0) is 4.79 Å². The van der Waals surface area contributed by atoms with Crippen LogP contribution in [0.15, 0.2) is 60.7 Å². The first-order valence-corrected chi connectivity index (χ1v) is 9.42. The molecule has 1 aliphatic rings. The lowest BCUT2D eigenvalue weighted by Gasteiger charge is -2.34. The maximum atomic E-state index is 12.9. The molecule has 0 radical (unpaired) electrons. The van der Waals surface area contributed by atoms with Crippen molar-refractivity contribution in [2.45, 2.75) is 24.9 Å². The lowest BCUT2D eigenvalue weighted by molar-refractivity contribution is -0.126. The van der Waals surface area contributed by atoms with Crippen LogP contribution in [-0.4, -0.2) is 54.8 Å². The van der Waals surface area contributed by atoms with E-state index in [1.807, 2.05) is 84.6 Å². The molecule has 1 fully saturated rings. The summed E-state index contributed by atoms with van der Waals surface area (Å²) in [7, 11) is 3.83. The van der Waals surface area contributed by atoms with Crippen molar-refractivity contribution < 1.29 is 9.59 Å². The number of amides is 2. The molecule has 1 unspecified atom stereocenters. The highest BCUT2D eigenvalue weighted by Gasteiger charge is 2.28. The summed E-state index contributed by atoms with van der Waals surface area (Å²) in [6, 6.07) is 19.0. The largest absolute Gasteiger partial charge is 0.352 e. The molecular formula is C22H27N3O2. The second kappa shape index (κ2) is 8.82. The van der Waals surface area contributed by atoms with Crippen LogP contribution >= 0.6 is 0 Å². The molecule has 3 rings (SSSR count). The second-order valence-corrected chi connectivity index (χ2v) is 7.22. The van der Waals surface area contributed by atoms with Crippen LogP contribution in [0.4, 0.5) is 0 Å². The highest BCUT2D eigenvalue weighted by molar-refractivity contribution is 5.94. The van der Waals surface area contributed by atoms with Gasteiger partial charge in [-0.3, -0.25) is 14.5 Å². The van der Waals surface area contributed by atoms with E-state index in [-0.39, 0.29) is 23.9 Å². The van der Waals surface area contributed by atoms with Crippen molar-refractivity contribution in [3.63, 3.8) is 0 Å². The van der Waals surface area contributed by atoms with Crippen LogP contribution in [0.5, 0.6) is 0 Å². The van der Waals surface area contributed by atoms with Crippen LogP contribution < -0.4 is 5.32 Å². The number of carbonyl (C=O) groups excluding carboxylic acids is 2. The van der Waals surface area contributed by atoms with E-state index < -0.39 is 0 Å². The molecule has 1 N–H and O–H groups in total. The van der Waals surface area contributed by atoms with E-state index in [1.165, 1.54) is 0 Å². The number of rotatable bonds is 5. The Morgan fingerprint density at radius 1 is 0.963 bits per heavy atom. The second-order valence-electron chi connectivity index (χ2n) is 7.22. The molecule has 0 spiro atoms. The minimum atomic E-state index is -0.310. The molecule has 1 aliphatic heterocycles. The lowest BCUT2D eigenvalue weighted by Crippen LogP contribution is -2.49. The van der Waals surface area contributed by atoms with Crippen molar-refractivity contribution in [3.8, 4) is 0 Å². The zero-order valence-electron chi connectivity index (χ0n) is 16.0. The minimum absolute atomic E-state index is 0.0130. The zero-order valence-corrected chi connectivity index (χ0v) is 16.0. The molecule has 5 heteroatoms. The maximum absolute atomic E-state index is 12.9. The average Bonchev–Trinajstić information content (AvgIpc) is 2.69. The molecule has 1 atom stereocenters. The van der Waals surface area contributed by atoms with Crippen molar-refractivity contribution >= 4 is 11.8 Å². The van der Waals surface area contributed by atoms with Gasteiger partial charge in [-0.1, -0.05) is 48.5 Å². The summed E-state index contributed by atoms with van der Waals surface area (Å²) in [6.45, 7) is 1.33. The predicted molar refractivity (Wildman–Crippen MR) is 106 cm³/mol. The summed E-state index contributed by atoms with van der Waals surface area (Å²) in [5, 5.41) is 3.18. The van der Waals surface area contributed by atoms with Gasteiger partial charge in [-0.15, -0.1) is 0 Å². The summed E-state index contributed by atoms with van der Waals surface area (Å²) < 4.78 is 0. The van der Waals surface area contributed by atoms with Crippen molar-refractivity contribution in [1.29, 1.82) is 0 Å². The third-order valence-electron chi connectivity index (χ3n) is 5.03. The van der Waals surface area contributed by atoms with Crippen LogP contribution in [0.3, 0.4) is 0 Å². The predicted octanol–water partition coefficient (Wildman–Crippen LogP) is 2.71. The summed E-state index contributed by atoms with van der Waals surface area (Å²) in [4.78, 5) is 29.2. The Balaban J connectivity index is 1.57. The van der Waals surface area contributed by atoms with Gasteiger partial charge < -0.3 is 10.2 Å². The monoisotopic (exact) mass is 365 g/mol. The van der Waals surface area contributed by atoms with Gasteiger partial charge in [0.05, 0.1) is 0 Å². The first kappa shape index (κ1) is 19.1. The Bertz CT molecular complexity index is 754. The normalized spacial score (nSPS) is 16.2. The molecule has 2 aromatic rings. The third-order valence-corrected chi connectivity index (χ3v) is 5.03. The quantitative estimate of drug-likeness (QED) is 0.886. The Hall–Kier alpha value is -2.66. The van der Waals surface area contributed by atoms with Gasteiger partial charge in [-0.25, -0.2) is 0 Å². The van der Waals surface area contributed by atoms with Gasteiger partial charge in [0, 0.05) is 24.7 Å². The van der Waals surface area contributed by atoms with Crippen LogP contribution in [0.25, 0.3) is 0 Å². The van der Waals surface area contributed by atoms with Gasteiger partial charge in [-0.05, 0) is 44.6 Å². The molecule has 2 amide bonds. The Morgan fingerprint density at radius 2 is 1.52 bits per heavy atom. The molecule has 2 aromatic carbocycles. The molecule has 0 aliphatic carbocycles. The Labute approximate surface area is 161 Å². The first-order chi connectivity index (χ1) is 13.1. The number of nitrogens with zero attached hydrogens (tertiary/aromatic N) is 2. The van der Waals surface area contributed by atoms with Gasteiger partial charge in [0.2, 0.25) is 5.91 Å². The number of piperidine rings is 1. The summed E-state index contributed by atoms with van der Waals surface area (Å²) in [5.74, 6) is 0.0786. The summed E-state index contributed by atoms with van der Waals surface area (Å²) in [5.41, 5.74) is 1.70. The maximum Gasteiger partial charge on any atom is 0.253 e. The lowest BCUT2D eigenvalue weighted by atomic mass is 10.0. The van der Waals surface area contributed by atoms with Gasteiger partial charge in [0.15, 0.2) is 0 Å². The van der Waals surface area contributed by atoms with Gasteiger partial charge in [0.25, 0.3) is 5.91 Å². The first-order valence-electron chi connectivity index (χ1n) is 9.42. The van der Waals surface area contributed by atoms with Gasteiger partial charge in [0.1, 0.15) is 6.04 Å². The number of nitrogens with one attached hydrogen (secondary N) is 1. The van der Waals surface area contributed by atoms with Crippen molar-refractivity contribution in [2.24, 2.45) is 0 Å². The molecule has 0 bridgehead atoms. The number of likely N-dealkylation sites (N-methyl/N-ethyl adjacent to an activating group) is 1. The molecule has 142 valence electrons. The highest BCUT2D eigenvalue weighted by Crippen LogP contribution is 2.20. The number of hydrogen-bond acceptors (Lipinski definition) is 3. The number of hydrogen-bond donors (Lipinski definition) is 1. The molecular weight excluding hydrogens is 338 g/mol. The molecule has 0 aromatic heterocycles. The fourth-order valence-corrected chi connectivity index (χ4v) is 3.59. The molecule has 5 nitrogen and oxygen atoms in total. The number of carbonyl (C=O) groups is 2. The summed E-state index contributed by atoms with van der Waals surface area (Å²) in [6.07, 6.45) is 1.55. The fraction of sp³-hybridized carbons (Fsp3) is 0.364.